The first-order valence-electron chi connectivity index (χ1n) is 8.46. The number of carbonyl (C=O) groups is 1. The maximum absolute atomic E-state index is 13.9. The van der Waals surface area contributed by atoms with Crippen molar-refractivity contribution in [1.82, 2.24) is 30.1 Å². The van der Waals surface area contributed by atoms with Gasteiger partial charge in [0.25, 0.3) is 11.8 Å². The third-order valence-electron chi connectivity index (χ3n) is 4.12. The van der Waals surface area contributed by atoms with Gasteiger partial charge in [-0.15, -0.1) is 10.2 Å². The molecule has 0 aliphatic heterocycles. The lowest BCUT2D eigenvalue weighted by Crippen LogP contribution is -2.25. The molecule has 142 valence electrons. The first-order chi connectivity index (χ1) is 13.6. The fourth-order valence-electron chi connectivity index (χ4n) is 2.72. The van der Waals surface area contributed by atoms with Crippen LogP contribution < -0.4 is 5.32 Å². The zero-order chi connectivity index (χ0) is 19.7. The number of hydrogen-bond acceptors (Lipinski definition) is 6. The number of aryl methyl sites for hydroxylation is 1. The summed E-state index contributed by atoms with van der Waals surface area (Å²) in [5, 5.41) is 14.8. The molecule has 4 aromatic rings. The molecule has 0 spiro atoms. The second-order valence-corrected chi connectivity index (χ2v) is 6.29. The van der Waals surface area contributed by atoms with Crippen LogP contribution in [0, 0.1) is 5.82 Å². The number of fused-ring (bicyclic) bond motifs is 1. The van der Waals surface area contributed by atoms with Gasteiger partial charge >= 0.3 is 0 Å². The van der Waals surface area contributed by atoms with Crippen molar-refractivity contribution < 1.29 is 13.7 Å². The van der Waals surface area contributed by atoms with Crippen molar-refractivity contribution >= 4 is 23.2 Å². The van der Waals surface area contributed by atoms with Crippen LogP contribution in [0.15, 0.2) is 41.1 Å². The summed E-state index contributed by atoms with van der Waals surface area (Å²) >= 11 is 5.93. The first kappa shape index (κ1) is 18.1. The largest absolute Gasteiger partial charge is 0.345 e. The maximum Gasteiger partial charge on any atom is 0.261 e. The highest BCUT2D eigenvalue weighted by Gasteiger charge is 2.18. The molecule has 0 aliphatic rings. The van der Waals surface area contributed by atoms with Crippen molar-refractivity contribution in [2.75, 3.05) is 0 Å². The second-order valence-electron chi connectivity index (χ2n) is 5.88. The topological polar surface area (TPSA) is 98.2 Å². The number of nitrogens with zero attached hydrogens (tertiary/aromatic N) is 5. The molecule has 3 heterocycles. The van der Waals surface area contributed by atoms with Gasteiger partial charge in [0.1, 0.15) is 5.82 Å². The summed E-state index contributed by atoms with van der Waals surface area (Å²) in [5.74, 6) is 0.0456. The van der Waals surface area contributed by atoms with Crippen molar-refractivity contribution in [2.24, 2.45) is 0 Å². The van der Waals surface area contributed by atoms with E-state index in [0.717, 1.165) is 0 Å². The van der Waals surface area contributed by atoms with E-state index in [4.69, 9.17) is 16.1 Å². The molecule has 3 aromatic heterocycles. The van der Waals surface area contributed by atoms with Gasteiger partial charge in [0.2, 0.25) is 0 Å². The van der Waals surface area contributed by atoms with Gasteiger partial charge in [-0.2, -0.15) is 4.98 Å². The molecule has 1 N–H and O–H groups in total. The summed E-state index contributed by atoms with van der Waals surface area (Å²) in [6, 6.07) is 7.63. The van der Waals surface area contributed by atoms with Crippen LogP contribution in [-0.4, -0.2) is 30.6 Å². The van der Waals surface area contributed by atoms with Crippen LogP contribution in [0.3, 0.4) is 0 Å². The van der Waals surface area contributed by atoms with Crippen LogP contribution in [0.2, 0.25) is 5.02 Å². The predicted molar refractivity (Wildman–Crippen MR) is 98.2 cm³/mol. The van der Waals surface area contributed by atoms with E-state index < -0.39 is 11.7 Å². The van der Waals surface area contributed by atoms with Gasteiger partial charge in [-0.05, 0) is 24.3 Å². The van der Waals surface area contributed by atoms with E-state index >= 15 is 0 Å². The SMILES string of the molecule is CCc1noc(-c2cccn3c(CNC(=O)c4c(F)cccc4Cl)nnc23)n1. The maximum atomic E-state index is 13.9. The Morgan fingerprint density at radius 1 is 1.29 bits per heavy atom. The minimum atomic E-state index is -0.693. The summed E-state index contributed by atoms with van der Waals surface area (Å²) in [5.41, 5.74) is 0.913. The Bertz CT molecular complexity index is 1150. The Hall–Kier alpha value is -3.33. The third-order valence-corrected chi connectivity index (χ3v) is 4.43. The molecular weight excluding hydrogens is 387 g/mol. The highest BCUT2D eigenvalue weighted by Crippen LogP contribution is 2.23. The van der Waals surface area contributed by atoms with E-state index in [2.05, 4.69) is 25.7 Å². The first-order valence-corrected chi connectivity index (χ1v) is 8.84. The monoisotopic (exact) mass is 400 g/mol. The Kier molecular flexibility index (Phi) is 4.74. The summed E-state index contributed by atoms with van der Waals surface area (Å²) in [7, 11) is 0. The van der Waals surface area contributed by atoms with Gasteiger partial charge in [-0.3, -0.25) is 9.20 Å². The summed E-state index contributed by atoms with van der Waals surface area (Å²) in [4.78, 5) is 16.6. The number of amides is 1. The predicted octanol–water partition coefficient (Wildman–Crippen LogP) is 3.06. The van der Waals surface area contributed by atoms with Crippen molar-refractivity contribution in [3.05, 3.63) is 64.6 Å². The standard InChI is InChI=1S/C18H14ClFN6O2/c1-2-13-22-18(28-25-13)10-5-4-8-26-14(23-24-16(10)26)9-21-17(27)15-11(19)6-3-7-12(15)20/h3-8H,2,9H2,1H3,(H,21,27). The van der Waals surface area contributed by atoms with Crippen LogP contribution in [0.1, 0.15) is 28.9 Å². The Labute approximate surface area is 163 Å². The molecule has 0 radical (unpaired) electrons. The van der Waals surface area contributed by atoms with Crippen molar-refractivity contribution in [2.45, 2.75) is 19.9 Å². The van der Waals surface area contributed by atoms with Crippen LogP contribution in [0.4, 0.5) is 4.39 Å². The molecule has 0 saturated heterocycles. The van der Waals surface area contributed by atoms with E-state index in [1.54, 1.807) is 22.7 Å². The molecule has 0 aliphatic carbocycles. The zero-order valence-corrected chi connectivity index (χ0v) is 15.4. The fraction of sp³-hybridized carbons (Fsp3) is 0.167. The number of benzene rings is 1. The minimum Gasteiger partial charge on any atom is -0.345 e. The van der Waals surface area contributed by atoms with Gasteiger partial charge in [0.05, 0.1) is 22.7 Å². The van der Waals surface area contributed by atoms with E-state index in [-0.39, 0.29) is 17.1 Å². The molecular formula is C18H14ClFN6O2. The van der Waals surface area contributed by atoms with Gasteiger partial charge < -0.3 is 9.84 Å². The van der Waals surface area contributed by atoms with Gasteiger partial charge in [0.15, 0.2) is 17.3 Å². The summed E-state index contributed by atoms with van der Waals surface area (Å²) in [6.07, 6.45) is 2.39. The van der Waals surface area contributed by atoms with Crippen molar-refractivity contribution in [3.63, 3.8) is 0 Å². The Morgan fingerprint density at radius 3 is 2.89 bits per heavy atom. The van der Waals surface area contributed by atoms with Crippen LogP contribution in [0.5, 0.6) is 0 Å². The number of carbonyl (C=O) groups excluding carboxylic acids is 1. The smallest absolute Gasteiger partial charge is 0.261 e. The molecule has 10 heteroatoms. The van der Waals surface area contributed by atoms with Crippen LogP contribution in [0.25, 0.3) is 17.1 Å². The molecule has 1 aromatic carbocycles. The second kappa shape index (κ2) is 7.35. The normalized spacial score (nSPS) is 11.1. The van der Waals surface area contributed by atoms with Gasteiger partial charge in [-0.25, -0.2) is 4.39 Å². The average molecular weight is 401 g/mol. The number of pyridine rings is 1. The molecule has 4 rings (SSSR count). The molecule has 0 unspecified atom stereocenters. The lowest BCUT2D eigenvalue weighted by Gasteiger charge is -2.07. The highest BCUT2D eigenvalue weighted by molar-refractivity contribution is 6.33. The Morgan fingerprint density at radius 2 is 2.14 bits per heavy atom. The van der Waals surface area contributed by atoms with Gasteiger partial charge in [-0.1, -0.05) is 29.7 Å². The lowest BCUT2D eigenvalue weighted by atomic mass is 10.2. The molecule has 28 heavy (non-hydrogen) atoms. The number of hydrogen-bond donors (Lipinski definition) is 1. The minimum absolute atomic E-state index is 0.0260. The van der Waals surface area contributed by atoms with Gasteiger partial charge in [0, 0.05) is 12.6 Å². The van der Waals surface area contributed by atoms with Crippen molar-refractivity contribution in [1.29, 1.82) is 0 Å². The van der Waals surface area contributed by atoms with E-state index in [1.165, 1.54) is 18.2 Å². The number of rotatable bonds is 5. The average Bonchev–Trinajstić information content (AvgIpc) is 3.33. The van der Waals surface area contributed by atoms with E-state index in [1.807, 2.05) is 6.92 Å². The number of aromatic nitrogens is 5. The lowest BCUT2D eigenvalue weighted by molar-refractivity contribution is 0.0946. The quantitative estimate of drug-likeness (QED) is 0.552. The molecule has 0 atom stereocenters. The van der Waals surface area contributed by atoms with Crippen molar-refractivity contribution in [3.8, 4) is 11.5 Å². The van der Waals surface area contributed by atoms with Crippen LogP contribution >= 0.6 is 11.6 Å². The van der Waals surface area contributed by atoms with E-state index in [0.29, 0.717) is 35.2 Å². The molecule has 0 fully saturated rings. The third kappa shape index (κ3) is 3.20. The molecule has 1 amide bonds. The fourth-order valence-corrected chi connectivity index (χ4v) is 2.97. The molecule has 8 nitrogen and oxygen atoms in total. The van der Waals surface area contributed by atoms with Crippen LogP contribution in [-0.2, 0) is 13.0 Å². The summed E-state index contributed by atoms with van der Waals surface area (Å²) < 4.78 is 20.9. The number of nitrogens with one attached hydrogen (secondary N) is 1. The molecule has 0 saturated carbocycles. The summed E-state index contributed by atoms with van der Waals surface area (Å²) in [6.45, 7) is 1.95. The van der Waals surface area contributed by atoms with E-state index in [9.17, 15) is 9.18 Å². The Balaban J connectivity index is 1.60. The zero-order valence-electron chi connectivity index (χ0n) is 14.7. The number of halogens is 2. The molecule has 0 bridgehead atoms. The highest BCUT2D eigenvalue weighted by atomic mass is 35.5.